The molecule has 0 atom stereocenters. The molecule has 0 aliphatic carbocycles. The Labute approximate surface area is 91.8 Å². The summed E-state index contributed by atoms with van der Waals surface area (Å²) in [5.41, 5.74) is 1.16. The number of benzene rings is 1. The van der Waals surface area contributed by atoms with Gasteiger partial charge in [0.05, 0.1) is 11.3 Å². The summed E-state index contributed by atoms with van der Waals surface area (Å²) in [6, 6.07) is 9.81. The van der Waals surface area contributed by atoms with Crippen molar-refractivity contribution in [3.8, 4) is 0 Å². The Balaban J connectivity index is 2.40. The molecule has 0 spiro atoms. The molecule has 0 saturated heterocycles. The number of carbonyl (C=O) groups is 1. The summed E-state index contributed by atoms with van der Waals surface area (Å²) in [5, 5.41) is 8.61. The van der Waals surface area contributed by atoms with Gasteiger partial charge in [0, 0.05) is 0 Å². The van der Waals surface area contributed by atoms with Gasteiger partial charge < -0.3 is 5.11 Å². The van der Waals surface area contributed by atoms with Gasteiger partial charge in [0.1, 0.15) is 4.86 Å². The maximum absolute atomic E-state index is 10.5. The van der Waals surface area contributed by atoms with E-state index < -0.39 is 5.97 Å². The van der Waals surface area contributed by atoms with Crippen molar-refractivity contribution in [1.29, 1.82) is 0 Å². The van der Waals surface area contributed by atoms with Crippen molar-refractivity contribution >= 4 is 22.1 Å². The summed E-state index contributed by atoms with van der Waals surface area (Å²) in [6.45, 7) is 0. The molecule has 0 amide bonds. The minimum Gasteiger partial charge on any atom is -0.477 e. The first-order valence-electron chi connectivity index (χ1n) is 4.67. The van der Waals surface area contributed by atoms with Gasteiger partial charge in [0.15, 0.2) is 0 Å². The van der Waals surface area contributed by atoms with Gasteiger partial charge in [-0.1, -0.05) is 30.3 Å². The average molecular weight is 224 g/mol. The van der Waals surface area contributed by atoms with E-state index in [1.807, 2.05) is 30.3 Å². The molecule has 0 bridgehead atoms. The third-order valence-corrected chi connectivity index (χ3v) is 2.63. The molecule has 3 nitrogen and oxygen atoms in total. The maximum Gasteiger partial charge on any atom is 0.344 e. The molecule has 1 aromatic rings. The molecule has 0 fully saturated rings. The van der Waals surface area contributed by atoms with E-state index in [1.54, 1.807) is 0 Å². The van der Waals surface area contributed by atoms with E-state index in [0.29, 0.717) is 12.8 Å². The molecular weight excluding hydrogens is 212 g/mol. The van der Waals surface area contributed by atoms with Crippen LogP contribution >= 0.6 is 0 Å². The third kappa shape index (κ3) is 4.08. The summed E-state index contributed by atoms with van der Waals surface area (Å²) in [5.74, 6) is -1.09. The number of aliphatic carboxylic acids is 1. The standard InChI is InChI=1S/C11H12O3S/c12-11(13)10(15-14)8-4-7-9-5-2-1-3-6-9/h1-3,5-6H,4,7-8H2,(H,12,13). The van der Waals surface area contributed by atoms with Crippen LogP contribution in [0.2, 0.25) is 0 Å². The molecule has 0 aliphatic heterocycles. The number of rotatable bonds is 5. The normalized spacial score (nSPS) is 9.60. The Hall–Kier alpha value is -1.42. The smallest absolute Gasteiger partial charge is 0.344 e. The lowest BCUT2D eigenvalue weighted by Gasteiger charge is -1.99. The predicted octanol–water partition coefficient (Wildman–Crippen LogP) is 1.48. The number of hydrogen-bond donors (Lipinski definition) is 1. The van der Waals surface area contributed by atoms with Crippen LogP contribution in [0.1, 0.15) is 18.4 Å². The molecule has 4 heteroatoms. The van der Waals surface area contributed by atoms with Crippen LogP contribution in [0.5, 0.6) is 0 Å². The molecule has 1 aromatic carbocycles. The zero-order valence-corrected chi connectivity index (χ0v) is 9.00. The number of hydrogen-bond acceptors (Lipinski definition) is 2. The highest BCUT2D eigenvalue weighted by Crippen LogP contribution is 2.04. The molecular formula is C11H12O3S. The molecule has 0 radical (unpaired) electrons. The minimum absolute atomic E-state index is 0.00840. The monoisotopic (exact) mass is 224 g/mol. The lowest BCUT2D eigenvalue weighted by atomic mass is 10.1. The molecule has 0 unspecified atom stereocenters. The van der Waals surface area contributed by atoms with E-state index in [4.69, 9.17) is 5.11 Å². The molecule has 80 valence electrons. The zero-order chi connectivity index (χ0) is 11.1. The second kappa shape index (κ2) is 6.14. The van der Waals surface area contributed by atoms with Crippen LogP contribution in [-0.4, -0.2) is 20.1 Å². The van der Waals surface area contributed by atoms with E-state index in [0.717, 1.165) is 12.0 Å². The zero-order valence-electron chi connectivity index (χ0n) is 8.18. The fourth-order valence-electron chi connectivity index (χ4n) is 1.28. The molecule has 0 saturated carbocycles. The van der Waals surface area contributed by atoms with Crippen molar-refractivity contribution in [1.82, 2.24) is 0 Å². The highest BCUT2D eigenvalue weighted by Gasteiger charge is 2.07. The van der Waals surface area contributed by atoms with Crippen LogP contribution < -0.4 is 0 Å². The van der Waals surface area contributed by atoms with Crippen LogP contribution in [0.15, 0.2) is 30.3 Å². The van der Waals surface area contributed by atoms with E-state index in [1.165, 1.54) is 0 Å². The fraction of sp³-hybridized carbons (Fsp3) is 0.273. The van der Waals surface area contributed by atoms with Gasteiger partial charge in [0.25, 0.3) is 0 Å². The van der Waals surface area contributed by atoms with Crippen LogP contribution in [0.4, 0.5) is 0 Å². The average Bonchev–Trinajstić information content (AvgIpc) is 2.25. The molecule has 1 N–H and O–H groups in total. The van der Waals surface area contributed by atoms with Crippen molar-refractivity contribution < 1.29 is 14.1 Å². The summed E-state index contributed by atoms with van der Waals surface area (Å²) in [4.78, 5) is 10.5. The number of aryl methyl sites for hydroxylation is 1. The van der Waals surface area contributed by atoms with Crippen LogP contribution in [0.3, 0.4) is 0 Å². The van der Waals surface area contributed by atoms with Crippen molar-refractivity contribution in [2.75, 3.05) is 0 Å². The van der Waals surface area contributed by atoms with Gasteiger partial charge in [-0.25, -0.2) is 9.00 Å². The second-order valence-electron chi connectivity index (χ2n) is 3.15. The first-order chi connectivity index (χ1) is 7.24. The molecule has 0 aromatic heterocycles. The van der Waals surface area contributed by atoms with Gasteiger partial charge in [-0.05, 0) is 24.8 Å². The Kier molecular flexibility index (Phi) is 4.77. The summed E-state index contributed by atoms with van der Waals surface area (Å²) in [6.07, 6.45) is 1.84. The Morgan fingerprint density at radius 1 is 1.27 bits per heavy atom. The topological polar surface area (TPSA) is 54.4 Å². The molecule has 15 heavy (non-hydrogen) atoms. The van der Waals surface area contributed by atoms with E-state index in [9.17, 15) is 9.00 Å². The van der Waals surface area contributed by atoms with Crippen molar-refractivity contribution in [2.45, 2.75) is 19.3 Å². The highest BCUT2D eigenvalue weighted by molar-refractivity contribution is 7.68. The lowest BCUT2D eigenvalue weighted by molar-refractivity contribution is -0.129. The Morgan fingerprint density at radius 3 is 2.47 bits per heavy atom. The fourth-order valence-corrected chi connectivity index (χ4v) is 1.58. The van der Waals surface area contributed by atoms with E-state index in [-0.39, 0.29) is 16.1 Å². The first-order valence-corrected chi connectivity index (χ1v) is 5.41. The first kappa shape index (κ1) is 11.7. The maximum atomic E-state index is 10.5. The van der Waals surface area contributed by atoms with E-state index in [2.05, 4.69) is 0 Å². The van der Waals surface area contributed by atoms with Gasteiger partial charge in [-0.15, -0.1) is 0 Å². The molecule has 0 aliphatic rings. The highest BCUT2D eigenvalue weighted by atomic mass is 32.1. The quantitative estimate of drug-likeness (QED) is 0.771. The van der Waals surface area contributed by atoms with Gasteiger partial charge in [0.2, 0.25) is 0 Å². The summed E-state index contributed by atoms with van der Waals surface area (Å²) < 4.78 is 10.4. The second-order valence-corrected chi connectivity index (χ2v) is 3.81. The lowest BCUT2D eigenvalue weighted by Crippen LogP contribution is -2.12. The van der Waals surface area contributed by atoms with Crippen molar-refractivity contribution in [2.24, 2.45) is 0 Å². The van der Waals surface area contributed by atoms with Gasteiger partial charge in [-0.3, -0.25) is 0 Å². The molecule has 0 heterocycles. The summed E-state index contributed by atoms with van der Waals surface area (Å²) in [7, 11) is 0. The van der Waals surface area contributed by atoms with Gasteiger partial charge in [-0.2, -0.15) is 0 Å². The predicted molar refractivity (Wildman–Crippen MR) is 60.2 cm³/mol. The van der Waals surface area contributed by atoms with Crippen LogP contribution in [0.25, 0.3) is 0 Å². The van der Waals surface area contributed by atoms with E-state index >= 15 is 0 Å². The van der Waals surface area contributed by atoms with Crippen molar-refractivity contribution in [3.63, 3.8) is 0 Å². The van der Waals surface area contributed by atoms with Crippen LogP contribution in [0, 0.1) is 0 Å². The summed E-state index contributed by atoms with van der Waals surface area (Å²) >= 11 is 0.0803. The number of carboxylic acid groups (broad SMARTS) is 1. The third-order valence-electron chi connectivity index (χ3n) is 2.05. The Morgan fingerprint density at radius 2 is 1.93 bits per heavy atom. The minimum atomic E-state index is -1.09. The SMILES string of the molecule is O=S=C(CCCc1ccccc1)C(=O)O. The van der Waals surface area contributed by atoms with Gasteiger partial charge >= 0.3 is 5.97 Å². The largest absolute Gasteiger partial charge is 0.477 e. The molecule has 1 rings (SSSR count). The number of carboxylic acids is 1. The van der Waals surface area contributed by atoms with Crippen molar-refractivity contribution in [3.05, 3.63) is 35.9 Å². The van der Waals surface area contributed by atoms with Crippen LogP contribution in [-0.2, 0) is 22.5 Å². The Bertz CT molecular complexity index is 380.